The number of carbonyl (C=O) groups is 1. The predicted octanol–water partition coefficient (Wildman–Crippen LogP) is 2.42. The zero-order chi connectivity index (χ0) is 13.0. The molecule has 0 aromatic heterocycles. The van der Waals surface area contributed by atoms with Crippen molar-refractivity contribution in [3.8, 4) is 0 Å². The highest BCUT2D eigenvalue weighted by Gasteiger charge is 2.24. The zero-order valence-electron chi connectivity index (χ0n) is 10.6. The fraction of sp³-hybridized carbons (Fsp3) is 0.500. The van der Waals surface area contributed by atoms with Crippen molar-refractivity contribution >= 4 is 11.7 Å². The van der Waals surface area contributed by atoms with Crippen LogP contribution in [0.25, 0.3) is 0 Å². The fourth-order valence-corrected chi connectivity index (χ4v) is 2.34. The van der Waals surface area contributed by atoms with E-state index in [9.17, 15) is 9.90 Å². The lowest BCUT2D eigenvalue weighted by atomic mass is 9.93. The van der Waals surface area contributed by atoms with E-state index in [1.54, 1.807) is 0 Å². The van der Waals surface area contributed by atoms with E-state index in [2.05, 4.69) is 10.6 Å². The van der Waals surface area contributed by atoms with Crippen LogP contribution >= 0.6 is 0 Å². The molecule has 1 fully saturated rings. The molecule has 1 aliphatic rings. The SMILES string of the molecule is Cc1cccc(NC(=O)N[C@H]2CCCC[C@@H]2O)c1. The van der Waals surface area contributed by atoms with Gasteiger partial charge in [-0.15, -0.1) is 0 Å². The van der Waals surface area contributed by atoms with Gasteiger partial charge >= 0.3 is 6.03 Å². The minimum absolute atomic E-state index is 0.122. The van der Waals surface area contributed by atoms with Crippen LogP contribution in [0.1, 0.15) is 31.2 Å². The second-order valence-electron chi connectivity index (χ2n) is 4.93. The van der Waals surface area contributed by atoms with Crippen LogP contribution in [0.3, 0.4) is 0 Å². The molecule has 1 aliphatic carbocycles. The van der Waals surface area contributed by atoms with E-state index in [4.69, 9.17) is 0 Å². The molecule has 0 unspecified atom stereocenters. The second kappa shape index (κ2) is 5.87. The summed E-state index contributed by atoms with van der Waals surface area (Å²) in [7, 11) is 0. The molecule has 0 aliphatic heterocycles. The normalized spacial score (nSPS) is 23.4. The van der Waals surface area contributed by atoms with Crippen molar-refractivity contribution in [1.82, 2.24) is 5.32 Å². The first-order valence-electron chi connectivity index (χ1n) is 6.47. The van der Waals surface area contributed by atoms with Crippen LogP contribution in [0, 0.1) is 6.92 Å². The van der Waals surface area contributed by atoms with E-state index in [0.29, 0.717) is 0 Å². The quantitative estimate of drug-likeness (QED) is 0.752. The number of amides is 2. The molecule has 0 heterocycles. The van der Waals surface area contributed by atoms with Crippen LogP contribution in [0.5, 0.6) is 0 Å². The molecular weight excluding hydrogens is 228 g/mol. The maximum atomic E-state index is 11.8. The van der Waals surface area contributed by atoms with Crippen molar-refractivity contribution < 1.29 is 9.90 Å². The Morgan fingerprint density at radius 2 is 2.11 bits per heavy atom. The Morgan fingerprint density at radius 1 is 1.33 bits per heavy atom. The highest BCUT2D eigenvalue weighted by molar-refractivity contribution is 5.89. The number of aliphatic hydroxyl groups excluding tert-OH is 1. The molecule has 18 heavy (non-hydrogen) atoms. The summed E-state index contributed by atoms with van der Waals surface area (Å²) in [4.78, 5) is 11.8. The Balaban J connectivity index is 1.88. The summed E-state index contributed by atoms with van der Waals surface area (Å²) in [6.07, 6.45) is 3.31. The summed E-state index contributed by atoms with van der Waals surface area (Å²) < 4.78 is 0. The van der Waals surface area contributed by atoms with Crippen molar-refractivity contribution in [1.29, 1.82) is 0 Å². The van der Waals surface area contributed by atoms with Crippen LogP contribution in [-0.2, 0) is 0 Å². The molecule has 0 radical (unpaired) electrons. The van der Waals surface area contributed by atoms with Crippen LogP contribution < -0.4 is 10.6 Å². The summed E-state index contributed by atoms with van der Waals surface area (Å²) in [5.74, 6) is 0. The topological polar surface area (TPSA) is 61.4 Å². The highest BCUT2D eigenvalue weighted by Crippen LogP contribution is 2.18. The third kappa shape index (κ3) is 3.47. The molecule has 98 valence electrons. The Labute approximate surface area is 107 Å². The Hall–Kier alpha value is -1.55. The molecule has 1 aromatic carbocycles. The third-order valence-electron chi connectivity index (χ3n) is 3.32. The summed E-state index contributed by atoms with van der Waals surface area (Å²) in [5.41, 5.74) is 1.88. The van der Waals surface area contributed by atoms with E-state index >= 15 is 0 Å². The summed E-state index contributed by atoms with van der Waals surface area (Å²) in [5, 5.41) is 15.4. The number of carbonyl (C=O) groups excluding carboxylic acids is 1. The van der Waals surface area contributed by atoms with Crippen molar-refractivity contribution in [2.24, 2.45) is 0 Å². The average molecular weight is 248 g/mol. The molecule has 4 nitrogen and oxygen atoms in total. The van der Waals surface area contributed by atoms with E-state index in [0.717, 1.165) is 36.9 Å². The minimum atomic E-state index is -0.415. The van der Waals surface area contributed by atoms with Gasteiger partial charge in [-0.25, -0.2) is 4.79 Å². The first kappa shape index (κ1) is 12.9. The average Bonchev–Trinajstić information content (AvgIpc) is 2.32. The lowest BCUT2D eigenvalue weighted by molar-refractivity contribution is 0.0955. The first-order valence-corrected chi connectivity index (χ1v) is 6.47. The molecule has 0 bridgehead atoms. The van der Waals surface area contributed by atoms with Gasteiger partial charge in [-0.3, -0.25) is 0 Å². The fourth-order valence-electron chi connectivity index (χ4n) is 2.34. The lowest BCUT2D eigenvalue weighted by Crippen LogP contribution is -2.46. The smallest absolute Gasteiger partial charge is 0.319 e. The van der Waals surface area contributed by atoms with Crippen LogP contribution in [0.2, 0.25) is 0 Å². The van der Waals surface area contributed by atoms with Gasteiger partial charge in [0.05, 0.1) is 12.1 Å². The number of aliphatic hydroxyl groups is 1. The van der Waals surface area contributed by atoms with Gasteiger partial charge in [-0.05, 0) is 37.5 Å². The van der Waals surface area contributed by atoms with Crippen molar-refractivity contribution in [2.75, 3.05) is 5.32 Å². The van der Waals surface area contributed by atoms with Gasteiger partial charge in [0.25, 0.3) is 0 Å². The first-order chi connectivity index (χ1) is 8.65. The molecule has 1 aromatic rings. The Bertz CT molecular complexity index is 420. The number of urea groups is 1. The van der Waals surface area contributed by atoms with Crippen molar-refractivity contribution in [2.45, 2.75) is 44.8 Å². The van der Waals surface area contributed by atoms with Gasteiger partial charge in [-0.2, -0.15) is 0 Å². The van der Waals surface area contributed by atoms with Crippen LogP contribution in [-0.4, -0.2) is 23.3 Å². The van der Waals surface area contributed by atoms with E-state index < -0.39 is 6.10 Å². The number of benzene rings is 1. The summed E-state index contributed by atoms with van der Waals surface area (Å²) in [6.45, 7) is 1.98. The maximum Gasteiger partial charge on any atom is 0.319 e. The second-order valence-corrected chi connectivity index (χ2v) is 4.93. The van der Waals surface area contributed by atoms with Crippen molar-refractivity contribution in [3.63, 3.8) is 0 Å². The Kier molecular flexibility index (Phi) is 4.20. The predicted molar refractivity (Wildman–Crippen MR) is 71.6 cm³/mol. The van der Waals surface area contributed by atoms with E-state index in [1.165, 1.54) is 0 Å². The minimum Gasteiger partial charge on any atom is -0.391 e. The standard InChI is InChI=1S/C14H20N2O2/c1-10-5-4-6-11(9-10)15-14(18)16-12-7-2-3-8-13(12)17/h4-6,9,12-13,17H,2-3,7-8H2,1H3,(H2,15,16,18)/t12-,13-/m0/s1. The molecule has 1 saturated carbocycles. The number of hydrogen-bond donors (Lipinski definition) is 3. The number of nitrogens with one attached hydrogen (secondary N) is 2. The maximum absolute atomic E-state index is 11.8. The molecule has 2 atom stereocenters. The Morgan fingerprint density at radius 3 is 2.83 bits per heavy atom. The summed E-state index contributed by atoms with van der Waals surface area (Å²) in [6, 6.07) is 7.28. The number of anilines is 1. The van der Waals surface area contributed by atoms with Crippen LogP contribution in [0.15, 0.2) is 24.3 Å². The zero-order valence-corrected chi connectivity index (χ0v) is 10.6. The molecule has 0 saturated heterocycles. The monoisotopic (exact) mass is 248 g/mol. The van der Waals surface area contributed by atoms with Gasteiger partial charge in [0.1, 0.15) is 0 Å². The largest absolute Gasteiger partial charge is 0.391 e. The van der Waals surface area contributed by atoms with Crippen LogP contribution in [0.4, 0.5) is 10.5 Å². The highest BCUT2D eigenvalue weighted by atomic mass is 16.3. The number of aryl methyl sites for hydroxylation is 1. The molecular formula is C14H20N2O2. The third-order valence-corrected chi connectivity index (χ3v) is 3.32. The number of rotatable bonds is 2. The van der Waals surface area contributed by atoms with E-state index in [-0.39, 0.29) is 12.1 Å². The van der Waals surface area contributed by atoms with Gasteiger partial charge in [0.2, 0.25) is 0 Å². The lowest BCUT2D eigenvalue weighted by Gasteiger charge is -2.28. The molecule has 0 spiro atoms. The molecule has 2 amide bonds. The van der Waals surface area contributed by atoms with Crippen molar-refractivity contribution in [3.05, 3.63) is 29.8 Å². The molecule has 4 heteroatoms. The van der Waals surface area contributed by atoms with Gasteiger partial charge in [0.15, 0.2) is 0 Å². The molecule has 3 N–H and O–H groups in total. The van der Waals surface area contributed by atoms with Gasteiger partial charge in [-0.1, -0.05) is 25.0 Å². The van der Waals surface area contributed by atoms with Gasteiger partial charge in [0, 0.05) is 5.69 Å². The van der Waals surface area contributed by atoms with E-state index in [1.807, 2.05) is 31.2 Å². The molecule has 2 rings (SSSR count). The van der Waals surface area contributed by atoms with Gasteiger partial charge < -0.3 is 15.7 Å². The number of hydrogen-bond acceptors (Lipinski definition) is 2. The summed E-state index contributed by atoms with van der Waals surface area (Å²) >= 11 is 0.